The summed E-state index contributed by atoms with van der Waals surface area (Å²) < 4.78 is 18.7. The Balaban J connectivity index is 1.82. The first-order chi connectivity index (χ1) is 10.5. The van der Waals surface area contributed by atoms with Gasteiger partial charge in [-0.15, -0.1) is 11.3 Å². The van der Waals surface area contributed by atoms with Crippen molar-refractivity contribution in [2.75, 3.05) is 6.61 Å². The summed E-state index contributed by atoms with van der Waals surface area (Å²) in [6.45, 7) is -0.481. The van der Waals surface area contributed by atoms with E-state index >= 15 is 0 Å². The molecule has 8 heteroatoms. The van der Waals surface area contributed by atoms with Crippen LogP contribution in [-0.2, 0) is 16.1 Å². The summed E-state index contributed by atoms with van der Waals surface area (Å²) >= 11 is 12.5. The van der Waals surface area contributed by atoms with Crippen molar-refractivity contribution in [2.24, 2.45) is 0 Å². The summed E-state index contributed by atoms with van der Waals surface area (Å²) in [6, 6.07) is 7.43. The lowest BCUT2D eigenvalue weighted by Crippen LogP contribution is -2.28. The maximum Gasteiger partial charge on any atom is 0.341 e. The molecule has 0 fully saturated rings. The number of carbonyl (C=O) groups excluding carboxylic acids is 2. The predicted octanol–water partition coefficient (Wildman–Crippen LogP) is 3.67. The molecule has 1 N–H and O–H groups in total. The zero-order valence-electron chi connectivity index (χ0n) is 11.1. The van der Waals surface area contributed by atoms with Gasteiger partial charge in [0.15, 0.2) is 6.61 Å². The molecular weight excluding hydrogens is 352 g/mol. The third-order valence-corrected chi connectivity index (χ3v) is 4.13. The zero-order chi connectivity index (χ0) is 16.1. The smallest absolute Gasteiger partial charge is 0.341 e. The van der Waals surface area contributed by atoms with Crippen LogP contribution in [0.25, 0.3) is 0 Å². The van der Waals surface area contributed by atoms with E-state index < -0.39 is 24.3 Å². The van der Waals surface area contributed by atoms with E-state index in [1.807, 2.05) is 0 Å². The highest BCUT2D eigenvalue weighted by Gasteiger charge is 2.17. The first-order valence-electron chi connectivity index (χ1n) is 6.09. The lowest BCUT2D eigenvalue weighted by atomic mass is 10.2. The third-order valence-electron chi connectivity index (χ3n) is 2.64. The molecule has 116 valence electrons. The van der Waals surface area contributed by atoms with Crippen molar-refractivity contribution < 1.29 is 18.7 Å². The first kappa shape index (κ1) is 16.7. The van der Waals surface area contributed by atoms with Crippen molar-refractivity contribution in [2.45, 2.75) is 6.54 Å². The molecule has 1 aromatic carbocycles. The summed E-state index contributed by atoms with van der Waals surface area (Å²) in [6.07, 6.45) is 0. The predicted molar refractivity (Wildman–Crippen MR) is 82.9 cm³/mol. The number of hydrogen-bond donors (Lipinski definition) is 1. The number of halogens is 3. The topological polar surface area (TPSA) is 55.4 Å². The minimum absolute atomic E-state index is 0.00803. The van der Waals surface area contributed by atoms with Crippen molar-refractivity contribution >= 4 is 46.4 Å². The van der Waals surface area contributed by atoms with Gasteiger partial charge in [0.1, 0.15) is 10.2 Å². The van der Waals surface area contributed by atoms with Gasteiger partial charge in [-0.1, -0.05) is 41.4 Å². The van der Waals surface area contributed by atoms with Gasteiger partial charge in [0.05, 0.1) is 9.90 Å². The fourth-order valence-corrected chi connectivity index (χ4v) is 3.02. The summed E-state index contributed by atoms with van der Waals surface area (Å²) in [5, 5.41) is 2.45. The summed E-state index contributed by atoms with van der Waals surface area (Å²) in [5.41, 5.74) is 0.452. The van der Waals surface area contributed by atoms with E-state index in [1.54, 1.807) is 18.2 Å². The van der Waals surface area contributed by atoms with Crippen LogP contribution in [0.1, 0.15) is 15.9 Å². The van der Waals surface area contributed by atoms with Crippen molar-refractivity contribution in [1.82, 2.24) is 5.32 Å². The first-order valence-corrected chi connectivity index (χ1v) is 7.66. The number of carbonyl (C=O) groups is 2. The lowest BCUT2D eigenvalue weighted by molar-refractivity contribution is -0.124. The Hall–Kier alpha value is -1.63. The summed E-state index contributed by atoms with van der Waals surface area (Å²) in [7, 11) is 0. The molecule has 22 heavy (non-hydrogen) atoms. The quantitative estimate of drug-likeness (QED) is 0.826. The molecule has 0 aliphatic carbocycles. The molecule has 0 aliphatic heterocycles. The number of esters is 1. The van der Waals surface area contributed by atoms with Crippen LogP contribution in [0.2, 0.25) is 8.67 Å². The molecule has 0 unspecified atom stereocenters. The monoisotopic (exact) mass is 361 g/mol. The van der Waals surface area contributed by atoms with Crippen molar-refractivity contribution in [3.8, 4) is 0 Å². The lowest BCUT2D eigenvalue weighted by Gasteiger charge is -2.07. The molecule has 0 aliphatic rings. The standard InChI is InChI=1S/C14H10Cl2FNO3S/c15-11-5-9(13(16)22-11)14(20)21-7-12(19)18-6-8-3-1-2-4-10(8)17/h1-5H,6-7H2,(H,18,19). The Labute approximate surface area is 139 Å². The molecule has 0 radical (unpaired) electrons. The number of benzene rings is 1. The Kier molecular flexibility index (Phi) is 5.76. The van der Waals surface area contributed by atoms with Crippen LogP contribution in [0.5, 0.6) is 0 Å². The van der Waals surface area contributed by atoms with E-state index in [-0.39, 0.29) is 16.4 Å². The van der Waals surface area contributed by atoms with E-state index in [1.165, 1.54) is 12.1 Å². The number of hydrogen-bond acceptors (Lipinski definition) is 4. The van der Waals surface area contributed by atoms with Gasteiger partial charge in [-0.2, -0.15) is 0 Å². The van der Waals surface area contributed by atoms with E-state index in [4.69, 9.17) is 27.9 Å². The second-order valence-corrected chi connectivity index (χ2v) is 6.47. The second-order valence-electron chi connectivity index (χ2n) is 4.18. The molecule has 2 aromatic rings. The Bertz CT molecular complexity index is 705. The van der Waals surface area contributed by atoms with Gasteiger partial charge in [-0.05, 0) is 12.1 Å². The number of thiophene rings is 1. The highest BCUT2D eigenvalue weighted by atomic mass is 35.5. The number of ether oxygens (including phenoxy) is 1. The van der Waals surface area contributed by atoms with Crippen LogP contribution in [-0.4, -0.2) is 18.5 Å². The van der Waals surface area contributed by atoms with Gasteiger partial charge in [-0.3, -0.25) is 4.79 Å². The highest BCUT2D eigenvalue weighted by Crippen LogP contribution is 2.31. The fourth-order valence-electron chi connectivity index (χ4n) is 1.57. The van der Waals surface area contributed by atoms with Crippen LogP contribution in [0.15, 0.2) is 30.3 Å². The SMILES string of the molecule is O=C(COC(=O)c1cc(Cl)sc1Cl)NCc1ccccc1F. The molecule has 2 rings (SSSR count). The molecule has 0 bridgehead atoms. The van der Waals surface area contributed by atoms with Gasteiger partial charge in [-0.25, -0.2) is 9.18 Å². The molecule has 0 saturated heterocycles. The van der Waals surface area contributed by atoms with E-state index in [2.05, 4.69) is 5.32 Å². The number of rotatable bonds is 5. The van der Waals surface area contributed by atoms with Crippen molar-refractivity contribution in [3.05, 3.63) is 55.9 Å². The average molecular weight is 362 g/mol. The number of nitrogens with one attached hydrogen (secondary N) is 1. The van der Waals surface area contributed by atoms with Gasteiger partial charge in [0.25, 0.3) is 5.91 Å². The number of amides is 1. The molecule has 1 heterocycles. The fraction of sp³-hybridized carbons (Fsp3) is 0.143. The van der Waals surface area contributed by atoms with Crippen LogP contribution in [0, 0.1) is 5.82 Å². The van der Waals surface area contributed by atoms with Gasteiger partial charge < -0.3 is 10.1 Å². The minimum Gasteiger partial charge on any atom is -0.452 e. The Morgan fingerprint density at radius 1 is 1.27 bits per heavy atom. The molecular formula is C14H10Cl2FNO3S. The van der Waals surface area contributed by atoms with Crippen LogP contribution in [0.3, 0.4) is 0 Å². The Morgan fingerprint density at radius 2 is 2.00 bits per heavy atom. The summed E-state index contributed by atoms with van der Waals surface area (Å²) in [4.78, 5) is 23.3. The van der Waals surface area contributed by atoms with Gasteiger partial charge >= 0.3 is 5.97 Å². The molecule has 1 aromatic heterocycles. The van der Waals surface area contributed by atoms with Gasteiger partial charge in [0.2, 0.25) is 0 Å². The molecule has 4 nitrogen and oxygen atoms in total. The molecule has 0 saturated carbocycles. The second kappa shape index (κ2) is 7.58. The van der Waals surface area contributed by atoms with Crippen LogP contribution >= 0.6 is 34.5 Å². The van der Waals surface area contributed by atoms with Gasteiger partial charge in [0, 0.05) is 12.1 Å². The largest absolute Gasteiger partial charge is 0.452 e. The van der Waals surface area contributed by atoms with E-state index in [9.17, 15) is 14.0 Å². The molecule has 1 amide bonds. The average Bonchev–Trinajstić information content (AvgIpc) is 2.82. The maximum atomic E-state index is 13.4. The Morgan fingerprint density at radius 3 is 2.64 bits per heavy atom. The van der Waals surface area contributed by atoms with Crippen molar-refractivity contribution in [3.63, 3.8) is 0 Å². The van der Waals surface area contributed by atoms with E-state index in [0.29, 0.717) is 9.90 Å². The zero-order valence-corrected chi connectivity index (χ0v) is 13.4. The normalized spacial score (nSPS) is 10.3. The summed E-state index contributed by atoms with van der Waals surface area (Å²) in [5.74, 6) is -1.71. The van der Waals surface area contributed by atoms with E-state index in [0.717, 1.165) is 11.3 Å². The molecule has 0 spiro atoms. The van der Waals surface area contributed by atoms with Crippen molar-refractivity contribution in [1.29, 1.82) is 0 Å². The van der Waals surface area contributed by atoms with Crippen LogP contribution in [0.4, 0.5) is 4.39 Å². The maximum absolute atomic E-state index is 13.4. The minimum atomic E-state index is -0.741. The highest BCUT2D eigenvalue weighted by molar-refractivity contribution is 7.20. The third kappa shape index (κ3) is 4.43. The molecule has 0 atom stereocenters. The van der Waals surface area contributed by atoms with Crippen LogP contribution < -0.4 is 5.32 Å².